The lowest BCUT2D eigenvalue weighted by atomic mass is 10.0. The fourth-order valence-corrected chi connectivity index (χ4v) is 2.66. The van der Waals surface area contributed by atoms with Crippen LogP contribution in [0.15, 0.2) is 0 Å². The van der Waals surface area contributed by atoms with Crippen molar-refractivity contribution in [3.05, 3.63) is 0 Å². The van der Waals surface area contributed by atoms with Crippen LogP contribution in [0, 0.1) is 17.2 Å². The van der Waals surface area contributed by atoms with Crippen LogP contribution in [0.25, 0.3) is 0 Å². The topological polar surface area (TPSA) is 53.3 Å². The summed E-state index contributed by atoms with van der Waals surface area (Å²) in [5.74, 6) is 0.468. The van der Waals surface area contributed by atoms with E-state index in [9.17, 15) is 4.79 Å². The Balaban J connectivity index is 2.07. The monoisotopic (exact) mass is 208 g/mol. The van der Waals surface area contributed by atoms with E-state index in [0.717, 1.165) is 19.4 Å². The number of nitrogens with zero attached hydrogens (tertiary/aromatic N) is 2. The Labute approximate surface area is 89.8 Å². The van der Waals surface area contributed by atoms with Gasteiger partial charge in [-0.15, -0.1) is 0 Å². The number of hydrogen-bond donors (Lipinski definition) is 0. The van der Waals surface area contributed by atoms with Crippen LogP contribution >= 0.6 is 0 Å². The summed E-state index contributed by atoms with van der Waals surface area (Å²) >= 11 is 0. The molecule has 2 aliphatic rings. The predicted molar refractivity (Wildman–Crippen MR) is 53.9 cm³/mol. The number of rotatable bonds is 1. The van der Waals surface area contributed by atoms with Crippen LogP contribution in [0.3, 0.4) is 0 Å². The zero-order valence-corrected chi connectivity index (χ0v) is 8.82. The first kappa shape index (κ1) is 10.4. The molecule has 2 atom stereocenters. The number of hydrogen-bond acceptors (Lipinski definition) is 3. The van der Waals surface area contributed by atoms with Gasteiger partial charge in [0.05, 0.1) is 19.3 Å². The predicted octanol–water partition coefficient (Wildman–Crippen LogP) is 0.928. The Morgan fingerprint density at radius 2 is 2.40 bits per heavy atom. The fraction of sp³-hybridized carbons (Fsp3) is 0.818. The summed E-state index contributed by atoms with van der Waals surface area (Å²) in [7, 11) is 0. The summed E-state index contributed by atoms with van der Waals surface area (Å²) in [5.41, 5.74) is 0. The Hall–Kier alpha value is -1.08. The minimum atomic E-state index is -0.0279. The van der Waals surface area contributed by atoms with E-state index in [0.29, 0.717) is 25.1 Å². The minimum Gasteiger partial charge on any atom is -0.379 e. The van der Waals surface area contributed by atoms with E-state index < -0.39 is 0 Å². The SMILES string of the molecule is N#CCC(=O)N1CCOC[C@@H]2CCC[C@@H]21. The molecule has 0 aromatic rings. The van der Waals surface area contributed by atoms with Gasteiger partial charge < -0.3 is 9.64 Å². The maximum Gasteiger partial charge on any atom is 0.237 e. The van der Waals surface area contributed by atoms with Gasteiger partial charge in [0, 0.05) is 18.5 Å². The van der Waals surface area contributed by atoms with Crippen molar-refractivity contribution in [3.63, 3.8) is 0 Å². The normalized spacial score (nSPS) is 30.5. The van der Waals surface area contributed by atoms with E-state index in [4.69, 9.17) is 10.00 Å². The maximum atomic E-state index is 11.7. The molecule has 0 bridgehead atoms. The van der Waals surface area contributed by atoms with Crippen LogP contribution in [0.5, 0.6) is 0 Å². The summed E-state index contributed by atoms with van der Waals surface area (Å²) in [4.78, 5) is 13.6. The molecule has 2 rings (SSSR count). The van der Waals surface area contributed by atoms with E-state index in [1.54, 1.807) is 0 Å². The molecule has 0 aromatic carbocycles. The first-order valence-electron chi connectivity index (χ1n) is 5.57. The Bertz CT molecular complexity index is 285. The molecule has 82 valence electrons. The van der Waals surface area contributed by atoms with E-state index in [2.05, 4.69) is 0 Å². The number of nitriles is 1. The van der Waals surface area contributed by atoms with Crippen molar-refractivity contribution in [1.82, 2.24) is 4.90 Å². The molecular weight excluding hydrogens is 192 g/mol. The summed E-state index contributed by atoms with van der Waals surface area (Å²) < 4.78 is 5.49. The molecule has 1 aliphatic heterocycles. The molecule has 0 unspecified atom stereocenters. The molecule has 1 aliphatic carbocycles. The Kier molecular flexibility index (Phi) is 3.22. The van der Waals surface area contributed by atoms with E-state index in [-0.39, 0.29) is 12.3 Å². The summed E-state index contributed by atoms with van der Waals surface area (Å²) in [6.07, 6.45) is 3.41. The van der Waals surface area contributed by atoms with Crippen LogP contribution in [0.4, 0.5) is 0 Å². The average Bonchev–Trinajstić information content (AvgIpc) is 2.58. The Morgan fingerprint density at radius 3 is 3.20 bits per heavy atom. The number of amides is 1. The van der Waals surface area contributed by atoms with Crippen molar-refractivity contribution >= 4 is 5.91 Å². The summed E-state index contributed by atoms with van der Waals surface area (Å²) in [5, 5.41) is 8.55. The number of ether oxygens (including phenoxy) is 1. The summed E-state index contributed by atoms with van der Waals surface area (Å²) in [6, 6.07) is 2.26. The van der Waals surface area contributed by atoms with Gasteiger partial charge in [0.25, 0.3) is 0 Å². The highest BCUT2D eigenvalue weighted by Crippen LogP contribution is 2.31. The van der Waals surface area contributed by atoms with Gasteiger partial charge in [0.1, 0.15) is 6.42 Å². The largest absolute Gasteiger partial charge is 0.379 e. The third-order valence-corrected chi connectivity index (χ3v) is 3.38. The van der Waals surface area contributed by atoms with Crippen molar-refractivity contribution < 1.29 is 9.53 Å². The third-order valence-electron chi connectivity index (χ3n) is 3.38. The molecule has 4 nitrogen and oxygen atoms in total. The Morgan fingerprint density at radius 1 is 1.53 bits per heavy atom. The molecule has 1 amide bonds. The lowest BCUT2D eigenvalue weighted by Crippen LogP contribution is -2.42. The second-order valence-electron chi connectivity index (χ2n) is 4.26. The molecule has 1 saturated carbocycles. The summed E-state index contributed by atoms with van der Waals surface area (Å²) in [6.45, 7) is 2.05. The molecule has 0 spiro atoms. The van der Waals surface area contributed by atoms with Gasteiger partial charge in [0.15, 0.2) is 0 Å². The quantitative estimate of drug-likeness (QED) is 0.644. The molecule has 0 aromatic heterocycles. The van der Waals surface area contributed by atoms with E-state index >= 15 is 0 Å². The molecule has 1 saturated heterocycles. The molecule has 0 N–H and O–H groups in total. The van der Waals surface area contributed by atoms with Gasteiger partial charge in [-0.1, -0.05) is 6.42 Å². The molecular formula is C11H16N2O2. The minimum absolute atomic E-state index is 0.00319. The fourth-order valence-electron chi connectivity index (χ4n) is 2.66. The van der Waals surface area contributed by atoms with Crippen molar-refractivity contribution in [3.8, 4) is 6.07 Å². The highest BCUT2D eigenvalue weighted by atomic mass is 16.5. The van der Waals surface area contributed by atoms with Crippen LogP contribution in [0.1, 0.15) is 25.7 Å². The second-order valence-corrected chi connectivity index (χ2v) is 4.26. The molecule has 0 radical (unpaired) electrons. The van der Waals surface area contributed by atoms with Crippen LogP contribution < -0.4 is 0 Å². The molecule has 4 heteroatoms. The van der Waals surface area contributed by atoms with Gasteiger partial charge in [-0.25, -0.2) is 0 Å². The van der Waals surface area contributed by atoms with Crippen LogP contribution in [0.2, 0.25) is 0 Å². The maximum absolute atomic E-state index is 11.7. The van der Waals surface area contributed by atoms with Gasteiger partial charge in [-0.3, -0.25) is 4.79 Å². The van der Waals surface area contributed by atoms with Crippen molar-refractivity contribution in [1.29, 1.82) is 5.26 Å². The van der Waals surface area contributed by atoms with Gasteiger partial charge >= 0.3 is 0 Å². The lowest BCUT2D eigenvalue weighted by molar-refractivity contribution is -0.132. The van der Waals surface area contributed by atoms with Crippen molar-refractivity contribution in [2.45, 2.75) is 31.7 Å². The third kappa shape index (κ3) is 2.13. The standard InChI is InChI=1S/C11H16N2O2/c12-5-4-11(14)13-6-7-15-8-9-2-1-3-10(9)13/h9-10H,1-4,6-8H2/t9-,10-/m0/s1. The molecule has 2 fully saturated rings. The van der Waals surface area contributed by atoms with Crippen molar-refractivity contribution in [2.24, 2.45) is 5.92 Å². The number of fused-ring (bicyclic) bond motifs is 1. The smallest absolute Gasteiger partial charge is 0.237 e. The zero-order chi connectivity index (χ0) is 10.7. The second kappa shape index (κ2) is 4.63. The average molecular weight is 208 g/mol. The lowest BCUT2D eigenvalue weighted by Gasteiger charge is -2.29. The highest BCUT2D eigenvalue weighted by molar-refractivity contribution is 5.78. The van der Waals surface area contributed by atoms with E-state index in [1.807, 2.05) is 11.0 Å². The highest BCUT2D eigenvalue weighted by Gasteiger charge is 2.36. The first-order chi connectivity index (χ1) is 7.33. The number of carbonyl (C=O) groups is 1. The first-order valence-corrected chi connectivity index (χ1v) is 5.57. The van der Waals surface area contributed by atoms with Gasteiger partial charge in [-0.2, -0.15) is 5.26 Å². The number of carbonyl (C=O) groups excluding carboxylic acids is 1. The van der Waals surface area contributed by atoms with Gasteiger partial charge in [0.2, 0.25) is 5.91 Å². The van der Waals surface area contributed by atoms with Crippen LogP contribution in [-0.4, -0.2) is 36.6 Å². The molecule has 1 heterocycles. The van der Waals surface area contributed by atoms with Crippen LogP contribution in [-0.2, 0) is 9.53 Å². The van der Waals surface area contributed by atoms with Gasteiger partial charge in [-0.05, 0) is 12.8 Å². The van der Waals surface area contributed by atoms with E-state index in [1.165, 1.54) is 6.42 Å². The van der Waals surface area contributed by atoms with Crippen molar-refractivity contribution in [2.75, 3.05) is 19.8 Å². The molecule has 15 heavy (non-hydrogen) atoms. The zero-order valence-electron chi connectivity index (χ0n) is 8.82.